The minimum absolute atomic E-state index is 0.670. The molecule has 1 N–H and O–H groups in total. The van der Waals surface area contributed by atoms with Crippen LogP contribution >= 0.6 is 0 Å². The van der Waals surface area contributed by atoms with Gasteiger partial charge in [0.1, 0.15) is 0 Å². The van der Waals surface area contributed by atoms with Gasteiger partial charge in [-0.05, 0) is 38.4 Å². The summed E-state index contributed by atoms with van der Waals surface area (Å²) in [5.74, 6) is 0. The first-order valence-corrected chi connectivity index (χ1v) is 5.72. The van der Waals surface area contributed by atoms with E-state index >= 15 is 0 Å². The lowest BCUT2D eigenvalue weighted by Gasteiger charge is -2.25. The number of aliphatic hydroxyl groups is 1. The van der Waals surface area contributed by atoms with Crippen LogP contribution in [0.5, 0.6) is 0 Å². The largest absolute Gasteiger partial charge is 0.472 e. The zero-order valence-corrected chi connectivity index (χ0v) is 9.28. The van der Waals surface area contributed by atoms with Crippen LogP contribution in [0.1, 0.15) is 31.7 Å². The first-order chi connectivity index (χ1) is 7.24. The van der Waals surface area contributed by atoms with Gasteiger partial charge in [0.15, 0.2) is 0 Å². The molecule has 0 amide bonds. The van der Waals surface area contributed by atoms with Gasteiger partial charge in [-0.1, -0.05) is 6.92 Å². The monoisotopic (exact) mass is 209 g/mol. The van der Waals surface area contributed by atoms with Crippen molar-refractivity contribution in [3.63, 3.8) is 0 Å². The molecule has 0 aliphatic carbocycles. The molecular formula is C12H19NO2. The molecule has 0 bridgehead atoms. The van der Waals surface area contributed by atoms with Crippen LogP contribution in [0.3, 0.4) is 0 Å². The van der Waals surface area contributed by atoms with Crippen molar-refractivity contribution >= 4 is 0 Å². The molecule has 0 spiro atoms. The van der Waals surface area contributed by atoms with E-state index in [4.69, 9.17) is 4.42 Å². The van der Waals surface area contributed by atoms with Crippen molar-refractivity contribution in [2.75, 3.05) is 19.6 Å². The van der Waals surface area contributed by atoms with E-state index in [1.54, 1.807) is 12.5 Å². The number of hydrogen-bond donors (Lipinski definition) is 1. The molecule has 2 rings (SSSR count). The SMILES string of the molecule is CCN1CCCC(O)(c2ccoc2)CC1. The summed E-state index contributed by atoms with van der Waals surface area (Å²) in [5, 5.41) is 10.5. The molecule has 3 nitrogen and oxygen atoms in total. The average molecular weight is 209 g/mol. The molecule has 15 heavy (non-hydrogen) atoms. The number of nitrogens with zero attached hydrogens (tertiary/aromatic N) is 1. The van der Waals surface area contributed by atoms with E-state index in [1.807, 2.05) is 6.07 Å². The second-order valence-corrected chi connectivity index (χ2v) is 4.33. The Labute approximate surface area is 90.7 Å². The van der Waals surface area contributed by atoms with Gasteiger partial charge in [-0.3, -0.25) is 0 Å². The number of likely N-dealkylation sites (tertiary alicyclic amines) is 1. The van der Waals surface area contributed by atoms with Crippen molar-refractivity contribution in [1.29, 1.82) is 0 Å². The van der Waals surface area contributed by atoms with Crippen LogP contribution in [0, 0.1) is 0 Å². The lowest BCUT2D eigenvalue weighted by Crippen LogP contribution is -2.28. The fourth-order valence-corrected chi connectivity index (χ4v) is 2.31. The quantitative estimate of drug-likeness (QED) is 0.809. The van der Waals surface area contributed by atoms with Gasteiger partial charge < -0.3 is 14.4 Å². The molecule has 0 radical (unpaired) electrons. The summed E-state index contributed by atoms with van der Waals surface area (Å²) >= 11 is 0. The predicted molar refractivity (Wildman–Crippen MR) is 58.6 cm³/mol. The van der Waals surface area contributed by atoms with E-state index in [1.165, 1.54) is 0 Å². The van der Waals surface area contributed by atoms with Crippen LogP contribution < -0.4 is 0 Å². The Hall–Kier alpha value is -0.800. The summed E-state index contributed by atoms with van der Waals surface area (Å²) in [4.78, 5) is 2.39. The van der Waals surface area contributed by atoms with Crippen molar-refractivity contribution in [2.24, 2.45) is 0 Å². The molecule has 1 aliphatic rings. The zero-order valence-electron chi connectivity index (χ0n) is 9.28. The normalized spacial score (nSPS) is 28.9. The highest BCUT2D eigenvalue weighted by molar-refractivity contribution is 5.16. The van der Waals surface area contributed by atoms with Gasteiger partial charge in [0, 0.05) is 12.1 Å². The van der Waals surface area contributed by atoms with Gasteiger partial charge in [-0.25, -0.2) is 0 Å². The van der Waals surface area contributed by atoms with Crippen molar-refractivity contribution in [3.05, 3.63) is 24.2 Å². The second-order valence-electron chi connectivity index (χ2n) is 4.33. The molecule has 0 aromatic carbocycles. The molecular weight excluding hydrogens is 190 g/mol. The molecule has 1 fully saturated rings. The molecule has 1 saturated heterocycles. The number of hydrogen-bond acceptors (Lipinski definition) is 3. The van der Waals surface area contributed by atoms with Gasteiger partial charge in [0.2, 0.25) is 0 Å². The molecule has 1 atom stereocenters. The Morgan fingerprint density at radius 2 is 2.33 bits per heavy atom. The van der Waals surface area contributed by atoms with Gasteiger partial charge >= 0.3 is 0 Å². The summed E-state index contributed by atoms with van der Waals surface area (Å²) in [7, 11) is 0. The van der Waals surface area contributed by atoms with E-state index in [9.17, 15) is 5.11 Å². The molecule has 2 heterocycles. The molecule has 84 valence electrons. The smallest absolute Gasteiger partial charge is 0.0963 e. The Morgan fingerprint density at radius 3 is 3.00 bits per heavy atom. The molecule has 3 heteroatoms. The summed E-state index contributed by atoms with van der Waals surface area (Å²) in [6.07, 6.45) is 6.00. The van der Waals surface area contributed by atoms with Crippen molar-refractivity contribution in [2.45, 2.75) is 31.8 Å². The lowest BCUT2D eigenvalue weighted by atomic mass is 9.89. The first-order valence-electron chi connectivity index (χ1n) is 5.72. The maximum absolute atomic E-state index is 10.5. The maximum Gasteiger partial charge on any atom is 0.0963 e. The standard InChI is InChI=1S/C12H19NO2/c1-2-13-7-3-5-12(14,6-8-13)11-4-9-15-10-11/h4,9-10,14H,2-3,5-8H2,1H3. The molecule has 1 aliphatic heterocycles. The van der Waals surface area contributed by atoms with Crippen LogP contribution in [0.4, 0.5) is 0 Å². The van der Waals surface area contributed by atoms with E-state index in [-0.39, 0.29) is 0 Å². The minimum Gasteiger partial charge on any atom is -0.472 e. The molecule has 0 saturated carbocycles. The van der Waals surface area contributed by atoms with Gasteiger partial charge in [-0.2, -0.15) is 0 Å². The highest BCUT2D eigenvalue weighted by atomic mass is 16.3. The fourth-order valence-electron chi connectivity index (χ4n) is 2.31. The van der Waals surface area contributed by atoms with E-state index in [2.05, 4.69) is 11.8 Å². The van der Waals surface area contributed by atoms with Gasteiger partial charge in [-0.15, -0.1) is 0 Å². The topological polar surface area (TPSA) is 36.6 Å². The van der Waals surface area contributed by atoms with Crippen LogP contribution in [-0.4, -0.2) is 29.6 Å². The summed E-state index contributed by atoms with van der Waals surface area (Å²) in [5.41, 5.74) is 0.261. The lowest BCUT2D eigenvalue weighted by molar-refractivity contribution is 0.0208. The number of furan rings is 1. The molecule has 1 aromatic heterocycles. The molecule has 1 aromatic rings. The third-order valence-electron chi connectivity index (χ3n) is 3.41. The zero-order chi connectivity index (χ0) is 10.7. The Balaban J connectivity index is 2.09. The van der Waals surface area contributed by atoms with Crippen molar-refractivity contribution in [1.82, 2.24) is 4.90 Å². The van der Waals surface area contributed by atoms with Crippen LogP contribution in [0.2, 0.25) is 0 Å². The Bertz CT molecular complexity index is 297. The second kappa shape index (κ2) is 4.37. The van der Waals surface area contributed by atoms with Crippen LogP contribution in [0.25, 0.3) is 0 Å². The van der Waals surface area contributed by atoms with Crippen molar-refractivity contribution < 1.29 is 9.52 Å². The van der Waals surface area contributed by atoms with E-state index < -0.39 is 5.60 Å². The average Bonchev–Trinajstić information content (AvgIpc) is 2.71. The highest BCUT2D eigenvalue weighted by Crippen LogP contribution is 2.32. The summed E-state index contributed by atoms with van der Waals surface area (Å²) in [6, 6.07) is 1.88. The van der Waals surface area contributed by atoms with Gasteiger partial charge in [0.05, 0.1) is 18.1 Å². The van der Waals surface area contributed by atoms with Crippen LogP contribution in [-0.2, 0) is 5.60 Å². The maximum atomic E-state index is 10.5. The van der Waals surface area contributed by atoms with E-state index in [0.29, 0.717) is 0 Å². The third-order valence-corrected chi connectivity index (χ3v) is 3.41. The first kappa shape index (κ1) is 10.7. The fraction of sp³-hybridized carbons (Fsp3) is 0.667. The van der Waals surface area contributed by atoms with Crippen molar-refractivity contribution in [3.8, 4) is 0 Å². The Kier molecular flexibility index (Phi) is 3.12. The molecule has 1 unspecified atom stereocenters. The van der Waals surface area contributed by atoms with Crippen LogP contribution in [0.15, 0.2) is 23.0 Å². The van der Waals surface area contributed by atoms with Gasteiger partial charge in [0.25, 0.3) is 0 Å². The van der Waals surface area contributed by atoms with E-state index in [0.717, 1.165) is 44.5 Å². The summed E-state index contributed by atoms with van der Waals surface area (Å²) < 4.78 is 5.05. The highest BCUT2D eigenvalue weighted by Gasteiger charge is 2.32. The third kappa shape index (κ3) is 2.24. The summed E-state index contributed by atoms with van der Waals surface area (Å²) in [6.45, 7) is 5.30. The number of rotatable bonds is 2. The predicted octanol–water partition coefficient (Wildman–Crippen LogP) is 1.97. The minimum atomic E-state index is -0.670. The Morgan fingerprint density at radius 1 is 1.47 bits per heavy atom.